The number of fused-ring (bicyclic) bond motifs is 1. The van der Waals surface area contributed by atoms with E-state index in [1.165, 1.54) is 6.92 Å². The van der Waals surface area contributed by atoms with Crippen LogP contribution in [0.25, 0.3) is 11.0 Å². The van der Waals surface area contributed by atoms with Crippen LogP contribution in [0.2, 0.25) is 0 Å². The predicted molar refractivity (Wildman–Crippen MR) is 54.9 cm³/mol. The number of aromatic nitrogens is 1. The highest BCUT2D eigenvalue weighted by Gasteiger charge is 2.13. The van der Waals surface area contributed by atoms with Crippen LogP contribution in [0.1, 0.15) is 6.92 Å². The molecule has 0 aliphatic carbocycles. The highest BCUT2D eigenvalue weighted by molar-refractivity contribution is 6.00. The number of hydrogen-bond acceptors (Lipinski definition) is 4. The van der Waals surface area contributed by atoms with Gasteiger partial charge in [0.05, 0.1) is 7.11 Å². The van der Waals surface area contributed by atoms with Crippen LogP contribution in [0.15, 0.2) is 22.7 Å². The minimum atomic E-state index is -0.198. The number of benzene rings is 1. The summed E-state index contributed by atoms with van der Waals surface area (Å²) in [5, 5.41) is 7.01. The van der Waals surface area contributed by atoms with Gasteiger partial charge in [-0.2, -0.15) is 0 Å². The van der Waals surface area contributed by atoms with E-state index in [2.05, 4.69) is 10.5 Å². The quantitative estimate of drug-likeness (QED) is 0.813. The van der Waals surface area contributed by atoms with E-state index in [-0.39, 0.29) is 5.91 Å². The van der Waals surface area contributed by atoms with Gasteiger partial charge in [-0.05, 0) is 12.1 Å². The first-order valence-corrected chi connectivity index (χ1v) is 4.42. The summed E-state index contributed by atoms with van der Waals surface area (Å²) < 4.78 is 10.2. The maximum Gasteiger partial charge on any atom is 0.222 e. The Morgan fingerprint density at radius 1 is 1.53 bits per heavy atom. The predicted octanol–water partition coefficient (Wildman–Crippen LogP) is 1.79. The van der Waals surface area contributed by atoms with Crippen LogP contribution in [0, 0.1) is 0 Å². The first-order chi connectivity index (χ1) is 7.22. The van der Waals surface area contributed by atoms with Crippen molar-refractivity contribution in [3.8, 4) is 5.75 Å². The second-order valence-electron chi connectivity index (χ2n) is 3.05. The standard InChI is InChI=1S/C10H10N2O3/c1-6(13)11-10-9-7(14-2)4-3-5-8(9)15-12-10/h3-5H,1-2H3,(H,11,12,13). The molecule has 0 saturated heterocycles. The number of nitrogens with one attached hydrogen (secondary N) is 1. The van der Waals surface area contributed by atoms with Crippen molar-refractivity contribution in [2.45, 2.75) is 6.92 Å². The van der Waals surface area contributed by atoms with Crippen molar-refractivity contribution >= 4 is 22.7 Å². The number of methoxy groups -OCH3 is 1. The number of rotatable bonds is 2. The molecule has 15 heavy (non-hydrogen) atoms. The smallest absolute Gasteiger partial charge is 0.222 e. The van der Waals surface area contributed by atoms with Crippen LogP contribution >= 0.6 is 0 Å². The van der Waals surface area contributed by atoms with Gasteiger partial charge >= 0.3 is 0 Å². The van der Waals surface area contributed by atoms with E-state index < -0.39 is 0 Å². The van der Waals surface area contributed by atoms with Gasteiger partial charge in [-0.15, -0.1) is 0 Å². The summed E-state index contributed by atoms with van der Waals surface area (Å²) in [6, 6.07) is 5.34. The van der Waals surface area contributed by atoms with E-state index >= 15 is 0 Å². The molecule has 0 unspecified atom stereocenters. The molecule has 0 spiro atoms. The molecule has 1 amide bonds. The minimum Gasteiger partial charge on any atom is -0.496 e. The summed E-state index contributed by atoms with van der Waals surface area (Å²) in [4.78, 5) is 10.9. The first kappa shape index (κ1) is 9.51. The Labute approximate surface area is 86.0 Å². The molecule has 1 heterocycles. The van der Waals surface area contributed by atoms with E-state index in [1.807, 2.05) is 0 Å². The number of amides is 1. The van der Waals surface area contributed by atoms with E-state index in [4.69, 9.17) is 9.26 Å². The Hall–Kier alpha value is -2.04. The Morgan fingerprint density at radius 3 is 3.00 bits per heavy atom. The zero-order valence-corrected chi connectivity index (χ0v) is 8.40. The molecular formula is C10H10N2O3. The molecule has 0 bridgehead atoms. The van der Waals surface area contributed by atoms with Gasteiger partial charge in [0.1, 0.15) is 11.1 Å². The summed E-state index contributed by atoms with van der Waals surface area (Å²) >= 11 is 0. The number of ether oxygens (including phenoxy) is 1. The molecule has 5 heteroatoms. The lowest BCUT2D eigenvalue weighted by atomic mass is 10.2. The second kappa shape index (κ2) is 3.61. The van der Waals surface area contributed by atoms with Crippen molar-refractivity contribution in [3.63, 3.8) is 0 Å². The molecule has 78 valence electrons. The molecule has 1 aromatic carbocycles. The average molecular weight is 206 g/mol. The van der Waals surface area contributed by atoms with Gasteiger partial charge in [0.15, 0.2) is 11.4 Å². The van der Waals surface area contributed by atoms with E-state index in [0.29, 0.717) is 22.5 Å². The Balaban J connectivity index is 2.60. The summed E-state index contributed by atoms with van der Waals surface area (Å²) in [6.45, 7) is 1.41. The van der Waals surface area contributed by atoms with Gasteiger partial charge < -0.3 is 14.6 Å². The lowest BCUT2D eigenvalue weighted by Gasteiger charge is -2.01. The molecule has 0 atom stereocenters. The Morgan fingerprint density at radius 2 is 2.33 bits per heavy atom. The molecule has 0 aliphatic heterocycles. The number of carbonyl (C=O) groups is 1. The fourth-order valence-corrected chi connectivity index (χ4v) is 1.38. The molecular weight excluding hydrogens is 196 g/mol. The normalized spacial score (nSPS) is 10.3. The molecule has 1 N–H and O–H groups in total. The fraction of sp³-hybridized carbons (Fsp3) is 0.200. The monoisotopic (exact) mass is 206 g/mol. The van der Waals surface area contributed by atoms with E-state index in [0.717, 1.165) is 0 Å². The SMILES string of the molecule is COc1cccc2onc(NC(C)=O)c12. The largest absolute Gasteiger partial charge is 0.496 e. The zero-order valence-electron chi connectivity index (χ0n) is 8.40. The third-order valence-corrected chi connectivity index (χ3v) is 1.97. The second-order valence-corrected chi connectivity index (χ2v) is 3.05. The first-order valence-electron chi connectivity index (χ1n) is 4.42. The number of hydrogen-bond donors (Lipinski definition) is 1. The van der Waals surface area contributed by atoms with Gasteiger partial charge in [0.2, 0.25) is 5.91 Å². The van der Waals surface area contributed by atoms with Crippen molar-refractivity contribution in [1.29, 1.82) is 0 Å². The van der Waals surface area contributed by atoms with Crippen molar-refractivity contribution in [2.24, 2.45) is 0 Å². The zero-order chi connectivity index (χ0) is 10.8. The van der Waals surface area contributed by atoms with Crippen LogP contribution in [0.4, 0.5) is 5.82 Å². The highest BCUT2D eigenvalue weighted by atomic mass is 16.5. The average Bonchev–Trinajstić information content (AvgIpc) is 2.61. The lowest BCUT2D eigenvalue weighted by Crippen LogP contribution is -2.06. The topological polar surface area (TPSA) is 64.4 Å². The van der Waals surface area contributed by atoms with Crippen molar-refractivity contribution in [3.05, 3.63) is 18.2 Å². The summed E-state index contributed by atoms with van der Waals surface area (Å²) in [5.41, 5.74) is 0.582. The molecule has 0 aliphatic rings. The van der Waals surface area contributed by atoms with Crippen LogP contribution in [-0.2, 0) is 4.79 Å². The molecule has 2 rings (SSSR count). The molecule has 1 aromatic heterocycles. The van der Waals surface area contributed by atoms with Crippen LogP contribution in [0.5, 0.6) is 5.75 Å². The van der Waals surface area contributed by atoms with Crippen LogP contribution < -0.4 is 10.1 Å². The van der Waals surface area contributed by atoms with Crippen molar-refractivity contribution in [2.75, 3.05) is 12.4 Å². The summed E-state index contributed by atoms with van der Waals surface area (Å²) in [6.07, 6.45) is 0. The summed E-state index contributed by atoms with van der Waals surface area (Å²) in [5.74, 6) is 0.809. The molecule has 5 nitrogen and oxygen atoms in total. The highest BCUT2D eigenvalue weighted by Crippen LogP contribution is 2.31. The van der Waals surface area contributed by atoms with Crippen LogP contribution in [0.3, 0.4) is 0 Å². The molecule has 0 radical (unpaired) electrons. The molecule has 0 fully saturated rings. The van der Waals surface area contributed by atoms with Crippen molar-refractivity contribution < 1.29 is 14.1 Å². The molecule has 0 saturated carbocycles. The van der Waals surface area contributed by atoms with Crippen LogP contribution in [-0.4, -0.2) is 18.2 Å². The maximum atomic E-state index is 10.9. The van der Waals surface area contributed by atoms with E-state index in [9.17, 15) is 4.79 Å². The Bertz CT molecular complexity index is 504. The Kier molecular flexibility index (Phi) is 2.29. The van der Waals surface area contributed by atoms with Gasteiger partial charge in [0, 0.05) is 6.92 Å². The summed E-state index contributed by atoms with van der Waals surface area (Å²) in [7, 11) is 1.55. The number of anilines is 1. The third-order valence-electron chi connectivity index (χ3n) is 1.97. The fourth-order valence-electron chi connectivity index (χ4n) is 1.38. The third kappa shape index (κ3) is 1.63. The molecule has 2 aromatic rings. The lowest BCUT2D eigenvalue weighted by molar-refractivity contribution is -0.114. The van der Waals surface area contributed by atoms with E-state index in [1.54, 1.807) is 25.3 Å². The van der Waals surface area contributed by atoms with Gasteiger partial charge in [-0.25, -0.2) is 0 Å². The minimum absolute atomic E-state index is 0.198. The number of carbonyl (C=O) groups excluding carboxylic acids is 1. The number of nitrogens with zero attached hydrogens (tertiary/aromatic N) is 1. The maximum absolute atomic E-state index is 10.9. The van der Waals surface area contributed by atoms with Gasteiger partial charge in [0.25, 0.3) is 0 Å². The van der Waals surface area contributed by atoms with Crippen molar-refractivity contribution in [1.82, 2.24) is 5.16 Å². The van der Waals surface area contributed by atoms with Gasteiger partial charge in [-0.1, -0.05) is 11.2 Å². The van der Waals surface area contributed by atoms with Gasteiger partial charge in [-0.3, -0.25) is 4.79 Å².